The van der Waals surface area contributed by atoms with Crippen LogP contribution in [0.15, 0.2) is 182 Å². The van der Waals surface area contributed by atoms with E-state index in [4.69, 9.17) is 0 Å². The van der Waals surface area contributed by atoms with E-state index >= 15 is 0 Å². The lowest BCUT2D eigenvalue weighted by atomic mass is 9.91. The van der Waals surface area contributed by atoms with Crippen LogP contribution in [0.25, 0.3) is 86.9 Å². The van der Waals surface area contributed by atoms with Gasteiger partial charge in [-0.15, -0.1) is 11.8 Å². The molecular formula is C52H36S. The van der Waals surface area contributed by atoms with E-state index in [1.807, 2.05) is 0 Å². The van der Waals surface area contributed by atoms with Crippen molar-refractivity contribution < 1.29 is 0 Å². The van der Waals surface area contributed by atoms with Crippen LogP contribution >= 0.6 is 11.8 Å². The van der Waals surface area contributed by atoms with E-state index in [0.717, 1.165) is 0 Å². The molecule has 2 unspecified atom stereocenters. The van der Waals surface area contributed by atoms with E-state index in [9.17, 15) is 0 Å². The van der Waals surface area contributed by atoms with Gasteiger partial charge in [-0.1, -0.05) is 170 Å². The molecule has 0 nitrogen and oxygen atoms in total. The predicted octanol–water partition coefficient (Wildman–Crippen LogP) is 15.2. The van der Waals surface area contributed by atoms with Gasteiger partial charge in [0.05, 0.1) is 0 Å². The fourth-order valence-corrected chi connectivity index (χ4v) is 10.7. The second-order valence-corrected chi connectivity index (χ2v) is 16.0. The normalized spacial score (nSPS) is 16.1. The van der Waals surface area contributed by atoms with Crippen molar-refractivity contribution in [3.05, 3.63) is 193 Å². The van der Waals surface area contributed by atoms with Gasteiger partial charge < -0.3 is 0 Å². The molecular weight excluding hydrogens is 657 g/mol. The van der Waals surface area contributed by atoms with Gasteiger partial charge in [0.15, 0.2) is 0 Å². The van der Waals surface area contributed by atoms with E-state index in [2.05, 4.69) is 194 Å². The van der Waals surface area contributed by atoms with Crippen LogP contribution < -0.4 is 0 Å². The highest BCUT2D eigenvalue weighted by Gasteiger charge is 2.28. The predicted molar refractivity (Wildman–Crippen MR) is 231 cm³/mol. The summed E-state index contributed by atoms with van der Waals surface area (Å²) in [5.41, 5.74) is 7.97. The maximum absolute atomic E-state index is 2.39. The summed E-state index contributed by atoms with van der Waals surface area (Å²) < 4.78 is 0. The lowest BCUT2D eigenvalue weighted by Crippen LogP contribution is -1.90. The first kappa shape index (κ1) is 30.7. The maximum atomic E-state index is 2.39. The highest BCUT2D eigenvalue weighted by Crippen LogP contribution is 2.53. The van der Waals surface area contributed by atoms with Crippen LogP contribution in [0.1, 0.15) is 34.5 Å². The first-order chi connectivity index (χ1) is 26.3. The SMILES string of the molecule is c1ccc2c(c1)c1ccccc1c1cc(-c3ccc(C4CCC(c5ccc(-c6ccc7c8ccccc8c8ccccc8c7c6)cc5)S4)cc3)ccc21. The molecule has 0 radical (unpaired) electrons. The molecule has 10 aromatic carbocycles. The zero-order valence-corrected chi connectivity index (χ0v) is 30.1. The van der Waals surface area contributed by atoms with Gasteiger partial charge in [-0.05, 0) is 123 Å². The van der Waals surface area contributed by atoms with Crippen molar-refractivity contribution in [2.45, 2.75) is 23.3 Å². The second-order valence-electron chi connectivity index (χ2n) is 14.6. The molecule has 0 aromatic heterocycles. The monoisotopic (exact) mass is 692 g/mol. The van der Waals surface area contributed by atoms with Gasteiger partial charge in [-0.2, -0.15) is 0 Å². The summed E-state index contributed by atoms with van der Waals surface area (Å²) in [5, 5.41) is 16.9. The number of rotatable bonds is 4. The molecule has 1 saturated heterocycles. The van der Waals surface area contributed by atoms with Crippen molar-refractivity contribution in [1.29, 1.82) is 0 Å². The molecule has 0 aliphatic carbocycles. The van der Waals surface area contributed by atoms with Crippen molar-refractivity contribution in [2.24, 2.45) is 0 Å². The number of fused-ring (bicyclic) bond motifs is 12. The third-order valence-corrected chi connectivity index (χ3v) is 13.4. The maximum Gasteiger partial charge on any atom is 0.0303 e. The van der Waals surface area contributed by atoms with Crippen LogP contribution in [-0.4, -0.2) is 0 Å². The molecule has 1 fully saturated rings. The van der Waals surface area contributed by atoms with E-state index in [1.165, 1.54) is 111 Å². The lowest BCUT2D eigenvalue weighted by molar-refractivity contribution is 0.765. The summed E-state index contributed by atoms with van der Waals surface area (Å²) in [6.07, 6.45) is 2.41. The van der Waals surface area contributed by atoms with Gasteiger partial charge in [-0.3, -0.25) is 0 Å². The van der Waals surface area contributed by atoms with Crippen LogP contribution in [0.5, 0.6) is 0 Å². The number of hydrogen-bond donors (Lipinski definition) is 0. The molecule has 1 aliphatic heterocycles. The topological polar surface area (TPSA) is 0 Å². The fourth-order valence-electron chi connectivity index (χ4n) is 9.08. The Hall–Kier alpha value is -5.89. The Balaban J connectivity index is 0.845. The van der Waals surface area contributed by atoms with Crippen LogP contribution in [-0.2, 0) is 0 Å². The molecule has 0 amide bonds. The average Bonchev–Trinajstić information content (AvgIpc) is 3.74. The molecule has 0 N–H and O–H groups in total. The minimum Gasteiger partial charge on any atom is -0.146 e. The van der Waals surface area contributed by atoms with Crippen molar-refractivity contribution >= 4 is 76.4 Å². The number of hydrogen-bond acceptors (Lipinski definition) is 1. The Labute approximate surface area is 313 Å². The second kappa shape index (κ2) is 12.4. The summed E-state index contributed by atoms with van der Waals surface area (Å²) in [5.74, 6) is 0. The molecule has 11 rings (SSSR count). The molecule has 53 heavy (non-hydrogen) atoms. The fraction of sp³-hybridized carbons (Fsp3) is 0.0769. The Morgan fingerprint density at radius 2 is 0.528 bits per heavy atom. The van der Waals surface area contributed by atoms with Crippen molar-refractivity contribution in [2.75, 3.05) is 0 Å². The van der Waals surface area contributed by atoms with E-state index in [0.29, 0.717) is 10.5 Å². The van der Waals surface area contributed by atoms with Crippen molar-refractivity contribution in [1.82, 2.24) is 0 Å². The Morgan fingerprint density at radius 1 is 0.264 bits per heavy atom. The molecule has 2 atom stereocenters. The third kappa shape index (κ3) is 5.06. The standard InChI is InChI=1S/C52H36S/c1-3-13-43-39(9-1)41-11-5-7-15-45(41)49-31-37(25-27-47(43)49)33-17-21-35(22-18-33)51-29-30-52(53-51)36-23-19-34(20-24-36)38-26-28-48-44-14-4-2-10-40(44)42-12-6-8-16-46(42)50(48)32-38/h1-28,31-32,51-52H,29-30H2. The van der Waals surface area contributed by atoms with Gasteiger partial charge in [0.25, 0.3) is 0 Å². The first-order valence-electron chi connectivity index (χ1n) is 18.8. The van der Waals surface area contributed by atoms with E-state index in [-0.39, 0.29) is 0 Å². The minimum atomic E-state index is 0.518. The minimum absolute atomic E-state index is 0.518. The highest BCUT2D eigenvalue weighted by atomic mass is 32.2. The zero-order chi connectivity index (χ0) is 34.9. The van der Waals surface area contributed by atoms with Crippen molar-refractivity contribution in [3.63, 3.8) is 0 Å². The molecule has 0 saturated carbocycles. The van der Waals surface area contributed by atoms with E-state index < -0.39 is 0 Å². The van der Waals surface area contributed by atoms with Crippen LogP contribution in [0, 0.1) is 0 Å². The Kier molecular flexibility index (Phi) is 7.16. The molecule has 0 spiro atoms. The quantitative estimate of drug-likeness (QED) is 0.165. The summed E-state index contributed by atoms with van der Waals surface area (Å²) in [6.45, 7) is 0. The highest BCUT2D eigenvalue weighted by molar-refractivity contribution is 8.00. The summed E-state index contributed by atoms with van der Waals surface area (Å²) >= 11 is 2.13. The van der Waals surface area contributed by atoms with Gasteiger partial charge in [0.2, 0.25) is 0 Å². The molecule has 1 aliphatic rings. The Morgan fingerprint density at radius 3 is 0.849 bits per heavy atom. The molecule has 1 heteroatoms. The zero-order valence-electron chi connectivity index (χ0n) is 29.3. The summed E-state index contributed by atoms with van der Waals surface area (Å²) in [7, 11) is 0. The van der Waals surface area contributed by atoms with Crippen LogP contribution in [0.2, 0.25) is 0 Å². The first-order valence-corrected chi connectivity index (χ1v) is 19.7. The summed E-state index contributed by atoms with van der Waals surface area (Å²) in [6, 6.07) is 68.1. The lowest BCUT2D eigenvalue weighted by Gasteiger charge is -2.15. The largest absolute Gasteiger partial charge is 0.146 e. The average molecular weight is 693 g/mol. The van der Waals surface area contributed by atoms with Crippen molar-refractivity contribution in [3.8, 4) is 22.3 Å². The molecule has 1 heterocycles. The van der Waals surface area contributed by atoms with Gasteiger partial charge in [-0.25, -0.2) is 0 Å². The van der Waals surface area contributed by atoms with Crippen LogP contribution in [0.3, 0.4) is 0 Å². The molecule has 0 bridgehead atoms. The number of benzene rings is 10. The van der Waals surface area contributed by atoms with Gasteiger partial charge in [0, 0.05) is 10.5 Å². The van der Waals surface area contributed by atoms with Crippen LogP contribution in [0.4, 0.5) is 0 Å². The Bertz CT molecular complexity index is 2750. The number of thioether (sulfide) groups is 1. The smallest absolute Gasteiger partial charge is 0.0303 e. The third-order valence-electron chi connectivity index (χ3n) is 11.7. The van der Waals surface area contributed by atoms with Gasteiger partial charge in [0.1, 0.15) is 0 Å². The van der Waals surface area contributed by atoms with Gasteiger partial charge >= 0.3 is 0 Å². The molecule has 250 valence electrons. The molecule has 10 aromatic rings. The van der Waals surface area contributed by atoms with E-state index in [1.54, 1.807) is 0 Å². The summed E-state index contributed by atoms with van der Waals surface area (Å²) in [4.78, 5) is 0.